The Morgan fingerprint density at radius 2 is 1.96 bits per heavy atom. The minimum absolute atomic E-state index is 0.390. The van der Waals surface area contributed by atoms with Gasteiger partial charge in [0.1, 0.15) is 5.82 Å². The van der Waals surface area contributed by atoms with Crippen LogP contribution < -0.4 is 5.73 Å². The lowest BCUT2D eigenvalue weighted by Gasteiger charge is -2.11. The molecule has 1 aromatic heterocycles. The summed E-state index contributed by atoms with van der Waals surface area (Å²) in [7, 11) is 0. The number of aliphatic carboxylic acids is 1. The monoisotopic (exact) mass is 321 g/mol. The summed E-state index contributed by atoms with van der Waals surface area (Å²) in [5.74, 6) is -0.639. The van der Waals surface area contributed by atoms with Crippen LogP contribution >= 0.6 is 0 Å². The molecular weight excluding hydrogens is 302 g/mol. The molecule has 5 heteroatoms. The fourth-order valence-electron chi connectivity index (χ4n) is 2.63. The number of carboxylic acid groups (broad SMARTS) is 1. The molecule has 2 aromatic carbocycles. The highest BCUT2D eigenvalue weighted by atomic mass is 16.4. The van der Waals surface area contributed by atoms with Crippen LogP contribution in [0.2, 0.25) is 0 Å². The van der Waals surface area contributed by atoms with Crippen LogP contribution in [0.1, 0.15) is 12.5 Å². The predicted octanol–water partition coefficient (Wildman–Crippen LogP) is 3.59. The summed E-state index contributed by atoms with van der Waals surface area (Å²) in [5.41, 5.74) is 10.3. The fourth-order valence-corrected chi connectivity index (χ4v) is 2.63. The number of benzene rings is 2. The molecule has 4 N–H and O–H groups in total. The zero-order valence-corrected chi connectivity index (χ0v) is 13.4. The summed E-state index contributed by atoms with van der Waals surface area (Å²) in [6, 6.07) is 15.5. The molecule has 0 fully saturated rings. The number of anilines is 1. The molecule has 0 bridgehead atoms. The Bertz CT molecular complexity index is 856. The smallest absolute Gasteiger partial charge is 0.306 e. The normalized spacial score (nSPS) is 12.0. The Labute approximate surface area is 140 Å². The zero-order chi connectivity index (χ0) is 17.1. The summed E-state index contributed by atoms with van der Waals surface area (Å²) in [6.45, 7) is 1.68. The highest BCUT2D eigenvalue weighted by molar-refractivity contribution is 5.77. The lowest BCUT2D eigenvalue weighted by atomic mass is 9.97. The maximum Gasteiger partial charge on any atom is 0.306 e. The van der Waals surface area contributed by atoms with E-state index in [9.17, 15) is 4.79 Å². The molecule has 0 spiro atoms. The van der Waals surface area contributed by atoms with E-state index in [2.05, 4.69) is 9.97 Å². The van der Waals surface area contributed by atoms with Gasteiger partial charge in [-0.1, -0.05) is 49.4 Å². The first-order chi connectivity index (χ1) is 11.6. The molecule has 0 amide bonds. The average Bonchev–Trinajstić information content (AvgIpc) is 3.07. The van der Waals surface area contributed by atoms with Gasteiger partial charge in [-0.25, -0.2) is 4.98 Å². The minimum Gasteiger partial charge on any atom is -0.481 e. The van der Waals surface area contributed by atoms with Crippen molar-refractivity contribution in [2.75, 3.05) is 5.73 Å². The van der Waals surface area contributed by atoms with E-state index in [1.165, 1.54) is 0 Å². The minimum atomic E-state index is -0.829. The average molecular weight is 321 g/mol. The third kappa shape index (κ3) is 3.15. The van der Waals surface area contributed by atoms with E-state index in [1.807, 2.05) is 54.7 Å². The van der Waals surface area contributed by atoms with Crippen LogP contribution in [0, 0.1) is 5.92 Å². The standard InChI is InChI=1S/C19H19N3O2/c1-12(19(23)24)10-14-8-5-9-15(17(14)20)18-21-11-16(22-18)13-6-3-2-4-7-13/h2-9,11-12H,10,20H2,1H3,(H,21,22)(H,23,24)/t12-/m0/s1. The van der Waals surface area contributed by atoms with Gasteiger partial charge in [0, 0.05) is 23.0 Å². The van der Waals surface area contributed by atoms with Crippen LogP contribution in [0.15, 0.2) is 54.7 Å². The first kappa shape index (κ1) is 15.8. The summed E-state index contributed by atoms with van der Waals surface area (Å²) in [5, 5.41) is 9.09. The molecule has 0 unspecified atom stereocenters. The Hall–Kier alpha value is -3.08. The van der Waals surface area contributed by atoms with E-state index < -0.39 is 11.9 Å². The van der Waals surface area contributed by atoms with Crippen LogP contribution in [-0.2, 0) is 11.2 Å². The number of H-pyrrole nitrogens is 1. The molecule has 3 rings (SSSR count). The summed E-state index contributed by atoms with van der Waals surface area (Å²) in [6.07, 6.45) is 2.23. The van der Waals surface area contributed by atoms with Crippen molar-refractivity contribution in [2.24, 2.45) is 5.92 Å². The second-order valence-electron chi connectivity index (χ2n) is 5.82. The van der Waals surface area contributed by atoms with E-state index in [0.717, 1.165) is 22.4 Å². The van der Waals surface area contributed by atoms with Crippen molar-refractivity contribution in [3.63, 3.8) is 0 Å². The van der Waals surface area contributed by atoms with Gasteiger partial charge < -0.3 is 15.8 Å². The fraction of sp³-hybridized carbons (Fsp3) is 0.158. The lowest BCUT2D eigenvalue weighted by Crippen LogP contribution is -2.13. The van der Waals surface area contributed by atoms with E-state index in [-0.39, 0.29) is 0 Å². The van der Waals surface area contributed by atoms with E-state index in [0.29, 0.717) is 17.9 Å². The number of nitrogens with one attached hydrogen (secondary N) is 1. The number of hydrogen-bond acceptors (Lipinski definition) is 3. The molecule has 0 aliphatic carbocycles. The van der Waals surface area contributed by atoms with E-state index in [1.54, 1.807) is 6.92 Å². The second kappa shape index (κ2) is 6.58. The topological polar surface area (TPSA) is 92.0 Å². The van der Waals surface area contributed by atoms with Crippen molar-refractivity contribution in [1.29, 1.82) is 0 Å². The van der Waals surface area contributed by atoms with Crippen molar-refractivity contribution in [2.45, 2.75) is 13.3 Å². The van der Waals surface area contributed by atoms with Gasteiger partial charge in [-0.05, 0) is 18.1 Å². The van der Waals surface area contributed by atoms with Gasteiger partial charge >= 0.3 is 5.97 Å². The van der Waals surface area contributed by atoms with Crippen molar-refractivity contribution in [3.8, 4) is 22.6 Å². The molecule has 1 heterocycles. The number of hydrogen-bond donors (Lipinski definition) is 3. The molecule has 1 atom stereocenters. The van der Waals surface area contributed by atoms with Gasteiger partial charge in [-0.3, -0.25) is 4.79 Å². The maximum atomic E-state index is 11.1. The van der Waals surface area contributed by atoms with Gasteiger partial charge in [-0.15, -0.1) is 0 Å². The van der Waals surface area contributed by atoms with Gasteiger partial charge in [0.05, 0.1) is 11.6 Å². The number of nitrogens with zero attached hydrogens (tertiary/aromatic N) is 1. The maximum absolute atomic E-state index is 11.1. The van der Waals surface area contributed by atoms with Crippen molar-refractivity contribution < 1.29 is 9.90 Å². The summed E-state index contributed by atoms with van der Waals surface area (Å²) >= 11 is 0. The first-order valence-electron chi connectivity index (χ1n) is 7.77. The third-order valence-electron chi connectivity index (χ3n) is 4.05. The summed E-state index contributed by atoms with van der Waals surface area (Å²) in [4.78, 5) is 18.8. The number of carbonyl (C=O) groups is 1. The van der Waals surface area contributed by atoms with Crippen LogP contribution in [0.4, 0.5) is 5.69 Å². The van der Waals surface area contributed by atoms with Crippen molar-refractivity contribution in [3.05, 3.63) is 60.3 Å². The Kier molecular flexibility index (Phi) is 4.33. The number of carboxylic acids is 1. The number of para-hydroxylation sites is 1. The summed E-state index contributed by atoms with van der Waals surface area (Å²) < 4.78 is 0. The highest BCUT2D eigenvalue weighted by Crippen LogP contribution is 2.29. The predicted molar refractivity (Wildman–Crippen MR) is 94.4 cm³/mol. The Balaban J connectivity index is 1.93. The largest absolute Gasteiger partial charge is 0.481 e. The van der Waals surface area contributed by atoms with Gasteiger partial charge in [0.25, 0.3) is 0 Å². The molecule has 24 heavy (non-hydrogen) atoms. The molecule has 122 valence electrons. The molecule has 0 radical (unpaired) electrons. The molecular formula is C19H19N3O2. The van der Waals surface area contributed by atoms with Gasteiger partial charge in [0.15, 0.2) is 0 Å². The molecule has 0 aliphatic rings. The zero-order valence-electron chi connectivity index (χ0n) is 13.4. The molecule has 5 nitrogen and oxygen atoms in total. The molecule has 3 aromatic rings. The van der Waals surface area contributed by atoms with E-state index >= 15 is 0 Å². The Morgan fingerprint density at radius 1 is 1.21 bits per heavy atom. The second-order valence-corrected chi connectivity index (χ2v) is 5.82. The van der Waals surface area contributed by atoms with Crippen molar-refractivity contribution >= 4 is 11.7 Å². The number of rotatable bonds is 5. The van der Waals surface area contributed by atoms with Crippen LogP contribution in [-0.4, -0.2) is 21.0 Å². The van der Waals surface area contributed by atoms with Gasteiger partial charge in [0.2, 0.25) is 0 Å². The van der Waals surface area contributed by atoms with Crippen LogP contribution in [0.25, 0.3) is 22.6 Å². The number of nitrogen functional groups attached to an aromatic ring is 1. The quantitative estimate of drug-likeness (QED) is 0.626. The van der Waals surface area contributed by atoms with Gasteiger partial charge in [-0.2, -0.15) is 0 Å². The van der Waals surface area contributed by atoms with E-state index in [4.69, 9.17) is 10.8 Å². The SMILES string of the molecule is C[C@@H](Cc1cccc(-c2nc(-c3ccccc3)c[nH]2)c1N)C(=O)O. The Morgan fingerprint density at radius 3 is 2.67 bits per heavy atom. The molecule has 0 saturated heterocycles. The highest BCUT2D eigenvalue weighted by Gasteiger charge is 2.16. The molecule has 0 aliphatic heterocycles. The number of aromatic amines is 1. The molecule has 0 saturated carbocycles. The van der Waals surface area contributed by atoms with Crippen LogP contribution in [0.5, 0.6) is 0 Å². The lowest BCUT2D eigenvalue weighted by molar-refractivity contribution is -0.141. The van der Waals surface area contributed by atoms with Crippen molar-refractivity contribution in [1.82, 2.24) is 9.97 Å². The number of aromatic nitrogens is 2. The third-order valence-corrected chi connectivity index (χ3v) is 4.05. The number of imidazole rings is 1. The van der Waals surface area contributed by atoms with Crippen LogP contribution in [0.3, 0.4) is 0 Å². The number of nitrogens with two attached hydrogens (primary N) is 1. The first-order valence-corrected chi connectivity index (χ1v) is 7.77.